The van der Waals surface area contributed by atoms with E-state index in [4.69, 9.17) is 5.73 Å². The number of rotatable bonds is 7. The zero-order chi connectivity index (χ0) is 20.1. The Bertz CT molecular complexity index is 1010. The molecule has 3 amide bonds. The lowest BCUT2D eigenvalue weighted by Gasteiger charge is -2.10. The van der Waals surface area contributed by atoms with E-state index < -0.39 is 11.8 Å². The van der Waals surface area contributed by atoms with Gasteiger partial charge in [0.2, 0.25) is 5.91 Å². The van der Waals surface area contributed by atoms with Crippen LogP contribution >= 0.6 is 22.7 Å². The number of carbonyl (C=O) groups excluding carboxylic acids is 3. The molecule has 0 saturated heterocycles. The van der Waals surface area contributed by atoms with Gasteiger partial charge in [-0.2, -0.15) is 11.3 Å². The Morgan fingerprint density at radius 3 is 2.64 bits per heavy atom. The first kappa shape index (κ1) is 19.7. The first-order valence-corrected chi connectivity index (χ1v) is 10.2. The monoisotopic (exact) mass is 414 g/mol. The second-order valence-corrected chi connectivity index (χ2v) is 7.70. The van der Waals surface area contributed by atoms with Crippen molar-refractivity contribution in [2.45, 2.75) is 13.3 Å². The Labute approximate surface area is 169 Å². The molecule has 9 heteroatoms. The van der Waals surface area contributed by atoms with Gasteiger partial charge >= 0.3 is 0 Å². The Kier molecular flexibility index (Phi) is 6.17. The molecule has 0 aliphatic rings. The van der Waals surface area contributed by atoms with Gasteiger partial charge in [0.15, 0.2) is 0 Å². The second-order valence-electron chi connectivity index (χ2n) is 5.92. The second kappa shape index (κ2) is 8.77. The van der Waals surface area contributed by atoms with Gasteiger partial charge in [-0.3, -0.25) is 14.4 Å². The van der Waals surface area contributed by atoms with E-state index in [9.17, 15) is 14.4 Å². The number of carbonyl (C=O) groups is 3. The van der Waals surface area contributed by atoms with Gasteiger partial charge in [-0.05, 0) is 30.5 Å². The van der Waals surface area contributed by atoms with Crippen LogP contribution < -0.4 is 16.4 Å². The van der Waals surface area contributed by atoms with Crippen molar-refractivity contribution in [1.29, 1.82) is 0 Å². The van der Waals surface area contributed by atoms with Crippen LogP contribution in [0.4, 0.5) is 5.69 Å². The number of nitrogens with two attached hydrogens (primary N) is 1. The number of nitrogens with zero attached hydrogens (tertiary/aromatic N) is 1. The van der Waals surface area contributed by atoms with Crippen molar-refractivity contribution in [2.75, 3.05) is 11.9 Å². The lowest BCUT2D eigenvalue weighted by molar-refractivity contribution is -0.117. The van der Waals surface area contributed by atoms with E-state index in [2.05, 4.69) is 15.6 Å². The number of para-hydroxylation sites is 1. The summed E-state index contributed by atoms with van der Waals surface area (Å²) >= 11 is 2.87. The number of anilines is 1. The van der Waals surface area contributed by atoms with E-state index in [1.54, 1.807) is 42.5 Å². The maximum atomic E-state index is 12.8. The van der Waals surface area contributed by atoms with Gasteiger partial charge in [-0.1, -0.05) is 12.1 Å². The Balaban J connectivity index is 1.76. The SMILES string of the molecule is Cc1nc(-c2ccsc2)sc1C(=O)Nc1ccccc1C(=O)NCCC(N)=O. The van der Waals surface area contributed by atoms with Crippen molar-refractivity contribution in [3.63, 3.8) is 0 Å². The number of amides is 3. The van der Waals surface area contributed by atoms with Gasteiger partial charge in [0.1, 0.15) is 9.88 Å². The molecule has 0 aliphatic heterocycles. The van der Waals surface area contributed by atoms with E-state index in [1.807, 2.05) is 16.8 Å². The molecule has 0 unspecified atom stereocenters. The quantitative estimate of drug-likeness (QED) is 0.551. The average Bonchev–Trinajstić information content (AvgIpc) is 3.31. The van der Waals surface area contributed by atoms with Gasteiger partial charge in [0, 0.05) is 23.9 Å². The lowest BCUT2D eigenvalue weighted by Crippen LogP contribution is -2.28. The number of thiazole rings is 1. The topological polar surface area (TPSA) is 114 Å². The molecule has 4 N–H and O–H groups in total. The van der Waals surface area contributed by atoms with Crippen molar-refractivity contribution in [2.24, 2.45) is 5.73 Å². The van der Waals surface area contributed by atoms with Gasteiger partial charge in [-0.15, -0.1) is 11.3 Å². The fraction of sp³-hybridized carbons (Fsp3) is 0.158. The molecule has 0 atom stereocenters. The van der Waals surface area contributed by atoms with Crippen LogP contribution in [0.1, 0.15) is 32.1 Å². The number of aromatic nitrogens is 1. The molecule has 0 saturated carbocycles. The van der Waals surface area contributed by atoms with Crippen molar-refractivity contribution in [3.8, 4) is 10.6 Å². The molecule has 0 radical (unpaired) electrons. The minimum Gasteiger partial charge on any atom is -0.370 e. The molecule has 0 bridgehead atoms. The molecule has 0 fully saturated rings. The molecular formula is C19H18N4O3S2. The molecule has 144 valence electrons. The summed E-state index contributed by atoms with van der Waals surface area (Å²) in [5.74, 6) is -1.21. The van der Waals surface area contributed by atoms with Gasteiger partial charge in [0.05, 0.1) is 16.9 Å². The number of nitrogens with one attached hydrogen (secondary N) is 2. The number of hydrogen-bond donors (Lipinski definition) is 3. The van der Waals surface area contributed by atoms with Crippen molar-refractivity contribution in [1.82, 2.24) is 10.3 Å². The Morgan fingerprint density at radius 2 is 1.93 bits per heavy atom. The largest absolute Gasteiger partial charge is 0.370 e. The van der Waals surface area contributed by atoms with Crippen molar-refractivity contribution >= 4 is 46.1 Å². The number of aryl methyl sites for hydroxylation is 1. The summed E-state index contributed by atoms with van der Waals surface area (Å²) < 4.78 is 0. The highest BCUT2D eigenvalue weighted by Gasteiger charge is 2.19. The van der Waals surface area contributed by atoms with Crippen LogP contribution in [-0.4, -0.2) is 29.3 Å². The first-order chi connectivity index (χ1) is 13.5. The van der Waals surface area contributed by atoms with Crippen molar-refractivity contribution < 1.29 is 14.4 Å². The summed E-state index contributed by atoms with van der Waals surface area (Å²) in [6.45, 7) is 1.91. The maximum Gasteiger partial charge on any atom is 0.267 e. The highest BCUT2D eigenvalue weighted by molar-refractivity contribution is 7.17. The fourth-order valence-corrected chi connectivity index (χ4v) is 4.15. The summed E-state index contributed by atoms with van der Waals surface area (Å²) in [5, 5.41) is 10.1. The molecule has 28 heavy (non-hydrogen) atoms. The number of thiophene rings is 1. The predicted molar refractivity (Wildman–Crippen MR) is 111 cm³/mol. The zero-order valence-corrected chi connectivity index (χ0v) is 16.7. The van der Waals surface area contributed by atoms with E-state index >= 15 is 0 Å². The Morgan fingerprint density at radius 1 is 1.14 bits per heavy atom. The molecule has 7 nitrogen and oxygen atoms in total. The minimum absolute atomic E-state index is 0.0473. The molecular weight excluding hydrogens is 396 g/mol. The standard InChI is InChI=1S/C19H18N4O3S2/c1-11-16(28-19(22-11)12-7-9-27-10-12)18(26)23-14-5-3-2-4-13(14)17(25)21-8-6-15(20)24/h2-5,7,9-10H,6,8H2,1H3,(H2,20,24)(H,21,25)(H,23,26). The molecule has 0 spiro atoms. The smallest absolute Gasteiger partial charge is 0.267 e. The van der Waals surface area contributed by atoms with E-state index in [0.29, 0.717) is 21.8 Å². The third kappa shape index (κ3) is 4.62. The van der Waals surface area contributed by atoms with Crippen LogP contribution in [0.2, 0.25) is 0 Å². The van der Waals surface area contributed by atoms with Gasteiger partial charge < -0.3 is 16.4 Å². The molecule has 3 rings (SSSR count). The summed E-state index contributed by atoms with van der Waals surface area (Å²) in [6, 6.07) is 8.64. The highest BCUT2D eigenvalue weighted by Crippen LogP contribution is 2.30. The molecule has 1 aromatic carbocycles. The number of benzene rings is 1. The van der Waals surface area contributed by atoms with E-state index in [0.717, 1.165) is 10.6 Å². The highest BCUT2D eigenvalue weighted by atomic mass is 32.1. The maximum absolute atomic E-state index is 12.8. The summed E-state index contributed by atoms with van der Waals surface area (Å²) in [5.41, 5.74) is 7.38. The normalized spacial score (nSPS) is 10.5. The van der Waals surface area contributed by atoms with Crippen molar-refractivity contribution in [3.05, 3.63) is 57.2 Å². The van der Waals surface area contributed by atoms with Gasteiger partial charge in [-0.25, -0.2) is 4.98 Å². The van der Waals surface area contributed by atoms with Crippen LogP contribution in [0, 0.1) is 6.92 Å². The lowest BCUT2D eigenvalue weighted by atomic mass is 10.1. The fourth-order valence-electron chi connectivity index (χ4n) is 2.48. The van der Waals surface area contributed by atoms with Crippen LogP contribution in [0.15, 0.2) is 41.1 Å². The number of primary amides is 1. The number of hydrogen-bond acceptors (Lipinski definition) is 6. The van der Waals surface area contributed by atoms with Crippen LogP contribution in [-0.2, 0) is 4.79 Å². The summed E-state index contributed by atoms with van der Waals surface area (Å²) in [6.07, 6.45) is 0.0473. The summed E-state index contributed by atoms with van der Waals surface area (Å²) in [4.78, 5) is 40.9. The molecule has 2 heterocycles. The average molecular weight is 415 g/mol. The molecule has 2 aromatic heterocycles. The third-order valence-corrected chi connectivity index (χ3v) is 5.74. The van der Waals surface area contributed by atoms with Gasteiger partial charge in [0.25, 0.3) is 11.8 Å². The van der Waals surface area contributed by atoms with Crippen LogP contribution in [0.5, 0.6) is 0 Å². The first-order valence-electron chi connectivity index (χ1n) is 8.42. The minimum atomic E-state index is -0.496. The van der Waals surface area contributed by atoms with Crippen LogP contribution in [0.25, 0.3) is 10.6 Å². The molecule has 3 aromatic rings. The predicted octanol–water partition coefficient (Wildman–Crippen LogP) is 3.04. The Hall–Kier alpha value is -3.04. The van der Waals surface area contributed by atoms with E-state index in [1.165, 1.54) is 11.3 Å². The van der Waals surface area contributed by atoms with Crippen LogP contribution in [0.3, 0.4) is 0 Å². The van der Waals surface area contributed by atoms with E-state index in [-0.39, 0.29) is 18.9 Å². The zero-order valence-electron chi connectivity index (χ0n) is 15.0. The third-order valence-electron chi connectivity index (χ3n) is 3.85. The molecule has 0 aliphatic carbocycles. The summed E-state index contributed by atoms with van der Waals surface area (Å²) in [7, 11) is 0.